The summed E-state index contributed by atoms with van der Waals surface area (Å²) < 4.78 is 1.78. The number of pyridine rings is 2. The van der Waals surface area contributed by atoms with Gasteiger partial charge < -0.3 is 5.11 Å². The number of nitrogens with zero attached hydrogens (tertiary/aromatic N) is 4. The van der Waals surface area contributed by atoms with Gasteiger partial charge in [-0.1, -0.05) is 6.92 Å². The molecule has 6 heteroatoms. The molecule has 0 atom stereocenters. The molecule has 0 bridgehead atoms. The summed E-state index contributed by atoms with van der Waals surface area (Å²) >= 11 is 1.66. The van der Waals surface area contributed by atoms with E-state index in [1.165, 1.54) is 5.39 Å². The fourth-order valence-electron chi connectivity index (χ4n) is 3.04. The zero-order valence-electron chi connectivity index (χ0n) is 14.3. The first-order chi connectivity index (χ1) is 12.1. The molecule has 5 rings (SSSR count). The summed E-state index contributed by atoms with van der Waals surface area (Å²) in [5, 5.41) is 17.2. The fourth-order valence-corrected chi connectivity index (χ4v) is 3.80. The third kappa shape index (κ3) is 3.41. The SMILES string of the molecule is CC1CC(O)C1.Cn1cc2cc(-c3ccc4ccsc4n3)cnc2n1. The number of aliphatic hydroxyl groups excluding tert-OH is 1. The lowest BCUT2D eigenvalue weighted by atomic mass is 9.84. The van der Waals surface area contributed by atoms with Crippen LogP contribution in [0.2, 0.25) is 0 Å². The van der Waals surface area contributed by atoms with E-state index in [4.69, 9.17) is 5.11 Å². The van der Waals surface area contributed by atoms with E-state index in [-0.39, 0.29) is 6.10 Å². The Morgan fingerprint density at radius 1 is 1.20 bits per heavy atom. The quantitative estimate of drug-likeness (QED) is 0.562. The normalized spacial score (nSPS) is 19.5. The van der Waals surface area contributed by atoms with Gasteiger partial charge in [-0.25, -0.2) is 9.97 Å². The van der Waals surface area contributed by atoms with Crippen molar-refractivity contribution in [2.45, 2.75) is 25.9 Å². The number of rotatable bonds is 1. The molecule has 128 valence electrons. The predicted octanol–water partition coefficient (Wildman–Crippen LogP) is 4.02. The maximum absolute atomic E-state index is 8.62. The summed E-state index contributed by atoms with van der Waals surface area (Å²) in [7, 11) is 1.90. The Morgan fingerprint density at radius 2 is 2.04 bits per heavy atom. The minimum Gasteiger partial charge on any atom is -0.393 e. The molecular weight excluding hydrogens is 332 g/mol. The van der Waals surface area contributed by atoms with Crippen molar-refractivity contribution in [1.82, 2.24) is 19.7 Å². The second-order valence-corrected chi connectivity index (χ2v) is 7.58. The lowest BCUT2D eigenvalue weighted by Gasteiger charge is -2.27. The first-order valence-corrected chi connectivity index (χ1v) is 9.28. The number of aromatic nitrogens is 4. The van der Waals surface area contributed by atoms with E-state index in [0.29, 0.717) is 0 Å². The standard InChI is InChI=1S/C14H10N4S.C5H10O/c1-18-8-11-6-10(7-15-13(11)17-18)12-3-2-9-4-5-19-14(9)16-12;1-4-2-5(6)3-4/h2-8H,1H3;4-6H,2-3H2,1H3. The second-order valence-electron chi connectivity index (χ2n) is 6.68. The lowest BCUT2D eigenvalue weighted by Crippen LogP contribution is -2.25. The molecule has 0 aliphatic heterocycles. The zero-order chi connectivity index (χ0) is 17.4. The number of hydrogen-bond donors (Lipinski definition) is 1. The Balaban J connectivity index is 0.000000223. The fraction of sp³-hybridized carbons (Fsp3) is 0.316. The highest BCUT2D eigenvalue weighted by Crippen LogP contribution is 2.26. The van der Waals surface area contributed by atoms with Crippen LogP contribution in [0.3, 0.4) is 0 Å². The second kappa shape index (κ2) is 6.54. The molecule has 0 spiro atoms. The molecule has 0 aromatic carbocycles. The summed E-state index contributed by atoms with van der Waals surface area (Å²) in [5.74, 6) is 0.792. The van der Waals surface area contributed by atoms with Crippen molar-refractivity contribution in [3.8, 4) is 11.3 Å². The Labute approximate surface area is 150 Å². The van der Waals surface area contributed by atoms with Crippen LogP contribution in [0.4, 0.5) is 0 Å². The molecule has 1 aliphatic rings. The van der Waals surface area contributed by atoms with Gasteiger partial charge >= 0.3 is 0 Å². The number of hydrogen-bond acceptors (Lipinski definition) is 5. The Hall–Kier alpha value is -2.31. The van der Waals surface area contributed by atoms with Gasteiger partial charge in [0.25, 0.3) is 0 Å². The van der Waals surface area contributed by atoms with Crippen molar-refractivity contribution in [1.29, 1.82) is 0 Å². The molecule has 4 heterocycles. The van der Waals surface area contributed by atoms with Gasteiger partial charge in [0, 0.05) is 35.8 Å². The van der Waals surface area contributed by atoms with Gasteiger partial charge in [-0.3, -0.25) is 4.68 Å². The smallest absolute Gasteiger partial charge is 0.181 e. The summed E-state index contributed by atoms with van der Waals surface area (Å²) in [4.78, 5) is 10.1. The lowest BCUT2D eigenvalue weighted by molar-refractivity contribution is 0.0513. The van der Waals surface area contributed by atoms with Crippen LogP contribution >= 0.6 is 11.3 Å². The summed E-state index contributed by atoms with van der Waals surface area (Å²) in [6.07, 6.45) is 5.90. The van der Waals surface area contributed by atoms with Gasteiger partial charge in [-0.05, 0) is 48.4 Å². The molecule has 0 unspecified atom stereocenters. The van der Waals surface area contributed by atoms with Gasteiger partial charge in [0.15, 0.2) is 5.65 Å². The van der Waals surface area contributed by atoms with Crippen LogP contribution in [0.5, 0.6) is 0 Å². The van der Waals surface area contributed by atoms with Gasteiger partial charge in [-0.2, -0.15) is 5.10 Å². The largest absolute Gasteiger partial charge is 0.393 e. The highest BCUT2D eigenvalue weighted by Gasteiger charge is 2.21. The van der Waals surface area contributed by atoms with Crippen molar-refractivity contribution in [2.75, 3.05) is 0 Å². The van der Waals surface area contributed by atoms with Crippen LogP contribution in [0.15, 0.2) is 42.0 Å². The van der Waals surface area contributed by atoms with Crippen LogP contribution in [0, 0.1) is 5.92 Å². The molecular formula is C19H20N4OS. The maximum Gasteiger partial charge on any atom is 0.181 e. The third-order valence-electron chi connectivity index (χ3n) is 4.44. The number of fused-ring (bicyclic) bond motifs is 2. The van der Waals surface area contributed by atoms with Crippen molar-refractivity contribution in [3.63, 3.8) is 0 Å². The molecule has 4 aromatic heterocycles. The monoisotopic (exact) mass is 352 g/mol. The number of aliphatic hydroxyl groups is 1. The maximum atomic E-state index is 8.62. The van der Waals surface area contributed by atoms with Crippen LogP contribution in [-0.2, 0) is 7.05 Å². The highest BCUT2D eigenvalue weighted by atomic mass is 32.1. The third-order valence-corrected chi connectivity index (χ3v) is 5.26. The number of aryl methyl sites for hydroxylation is 1. The predicted molar refractivity (Wildman–Crippen MR) is 102 cm³/mol. The van der Waals surface area contributed by atoms with Crippen molar-refractivity contribution in [3.05, 3.63) is 42.0 Å². The number of thiophene rings is 1. The molecule has 1 fully saturated rings. The van der Waals surface area contributed by atoms with Crippen molar-refractivity contribution < 1.29 is 5.11 Å². The molecule has 4 aromatic rings. The molecule has 1 N–H and O–H groups in total. The molecule has 5 nitrogen and oxygen atoms in total. The Kier molecular flexibility index (Phi) is 4.23. The Morgan fingerprint density at radius 3 is 2.76 bits per heavy atom. The van der Waals surface area contributed by atoms with E-state index in [0.717, 1.165) is 45.9 Å². The van der Waals surface area contributed by atoms with E-state index < -0.39 is 0 Å². The van der Waals surface area contributed by atoms with Crippen molar-refractivity contribution in [2.24, 2.45) is 13.0 Å². The highest BCUT2D eigenvalue weighted by molar-refractivity contribution is 7.16. The topological polar surface area (TPSA) is 63.8 Å². The van der Waals surface area contributed by atoms with E-state index in [9.17, 15) is 0 Å². The molecule has 0 amide bonds. The van der Waals surface area contributed by atoms with Crippen LogP contribution in [-0.4, -0.2) is 31.0 Å². The molecule has 0 radical (unpaired) electrons. The molecule has 0 saturated heterocycles. The van der Waals surface area contributed by atoms with Crippen molar-refractivity contribution >= 4 is 32.6 Å². The van der Waals surface area contributed by atoms with Gasteiger partial charge in [0.05, 0.1) is 11.8 Å². The van der Waals surface area contributed by atoms with Gasteiger partial charge in [0.1, 0.15) is 4.83 Å². The van der Waals surface area contributed by atoms with Crippen LogP contribution < -0.4 is 0 Å². The minimum atomic E-state index is 0.0417. The van der Waals surface area contributed by atoms with Gasteiger partial charge in [-0.15, -0.1) is 11.3 Å². The first kappa shape index (κ1) is 16.2. The molecule has 1 aliphatic carbocycles. The first-order valence-electron chi connectivity index (χ1n) is 8.40. The van der Waals surface area contributed by atoms with E-state index in [1.807, 2.05) is 25.5 Å². The Bertz CT molecular complexity index is 1010. The summed E-state index contributed by atoms with van der Waals surface area (Å²) in [6, 6.07) is 8.30. The molecule has 1 saturated carbocycles. The van der Waals surface area contributed by atoms with E-state index in [2.05, 4.69) is 45.6 Å². The van der Waals surface area contributed by atoms with E-state index >= 15 is 0 Å². The van der Waals surface area contributed by atoms with Gasteiger partial charge in [0.2, 0.25) is 0 Å². The van der Waals surface area contributed by atoms with Crippen LogP contribution in [0.25, 0.3) is 32.5 Å². The van der Waals surface area contributed by atoms with E-state index in [1.54, 1.807) is 16.0 Å². The summed E-state index contributed by atoms with van der Waals surface area (Å²) in [5.41, 5.74) is 2.74. The van der Waals surface area contributed by atoms with Crippen LogP contribution in [0.1, 0.15) is 19.8 Å². The average Bonchev–Trinajstić information content (AvgIpc) is 3.17. The average molecular weight is 352 g/mol. The molecule has 25 heavy (non-hydrogen) atoms. The minimum absolute atomic E-state index is 0.0417. The zero-order valence-corrected chi connectivity index (χ0v) is 15.1. The summed E-state index contributed by atoms with van der Waals surface area (Å²) in [6.45, 7) is 2.16.